The minimum Gasteiger partial charge on any atom is -0.496 e. The Morgan fingerprint density at radius 3 is 2.42 bits per heavy atom. The summed E-state index contributed by atoms with van der Waals surface area (Å²) in [5.74, 6) is -0.562. The number of hydrogen-bond donors (Lipinski definition) is 1. The fourth-order valence-corrected chi connectivity index (χ4v) is 3.79. The number of pyridine rings is 1. The fourth-order valence-electron chi connectivity index (χ4n) is 2.86. The summed E-state index contributed by atoms with van der Waals surface area (Å²) in [5.41, 5.74) is -0.656. The first-order chi connectivity index (χ1) is 14.4. The summed E-state index contributed by atoms with van der Waals surface area (Å²) >= 11 is 0. The summed E-state index contributed by atoms with van der Waals surface area (Å²) in [4.78, 5) is 16.7. The molecule has 3 rings (SSSR count). The highest BCUT2D eigenvalue weighted by Gasteiger charge is 2.30. The Kier molecular flexibility index (Phi) is 5.92. The van der Waals surface area contributed by atoms with Gasteiger partial charge in [-0.05, 0) is 36.4 Å². The molecule has 1 amide bonds. The van der Waals surface area contributed by atoms with Gasteiger partial charge in [-0.2, -0.15) is 13.2 Å². The summed E-state index contributed by atoms with van der Waals surface area (Å²) in [6.45, 7) is 0. The van der Waals surface area contributed by atoms with Gasteiger partial charge in [-0.15, -0.1) is 0 Å². The molecular weight excluding hydrogens is 435 g/mol. The fraction of sp³-hybridized carbons (Fsp3) is 0.200. The zero-order valence-corrected chi connectivity index (χ0v) is 17.5. The van der Waals surface area contributed by atoms with E-state index in [1.165, 1.54) is 57.7 Å². The third kappa shape index (κ3) is 4.47. The lowest BCUT2D eigenvalue weighted by Crippen LogP contribution is -2.23. The highest BCUT2D eigenvalue weighted by molar-refractivity contribution is 7.89. The first-order valence-electron chi connectivity index (χ1n) is 8.83. The molecule has 3 aromatic rings. The minimum atomic E-state index is -4.53. The molecule has 164 valence electrons. The molecule has 1 aromatic heterocycles. The number of rotatable bonds is 5. The van der Waals surface area contributed by atoms with E-state index in [9.17, 15) is 26.4 Å². The molecule has 0 unspecified atom stereocenters. The van der Waals surface area contributed by atoms with Crippen molar-refractivity contribution in [2.24, 2.45) is 0 Å². The highest BCUT2D eigenvalue weighted by atomic mass is 32.2. The number of fused-ring (bicyclic) bond motifs is 1. The van der Waals surface area contributed by atoms with Crippen LogP contribution in [0.25, 0.3) is 10.9 Å². The number of anilines is 1. The zero-order chi connectivity index (χ0) is 23.0. The van der Waals surface area contributed by atoms with E-state index in [4.69, 9.17) is 4.74 Å². The first kappa shape index (κ1) is 22.5. The number of carbonyl (C=O) groups is 1. The van der Waals surface area contributed by atoms with Crippen molar-refractivity contribution in [1.82, 2.24) is 9.29 Å². The van der Waals surface area contributed by atoms with Gasteiger partial charge in [0.15, 0.2) is 0 Å². The Morgan fingerprint density at radius 1 is 1.10 bits per heavy atom. The molecule has 0 aliphatic heterocycles. The number of nitrogens with one attached hydrogen (secondary N) is 1. The van der Waals surface area contributed by atoms with E-state index in [1.807, 2.05) is 0 Å². The number of aromatic nitrogens is 1. The van der Waals surface area contributed by atoms with Gasteiger partial charge >= 0.3 is 6.18 Å². The number of halogens is 3. The van der Waals surface area contributed by atoms with Crippen LogP contribution in [0, 0.1) is 0 Å². The number of methoxy groups -OCH3 is 1. The zero-order valence-electron chi connectivity index (χ0n) is 16.7. The summed E-state index contributed by atoms with van der Waals surface area (Å²) in [5, 5.41) is 2.88. The molecule has 2 aromatic carbocycles. The van der Waals surface area contributed by atoms with Crippen LogP contribution in [0.3, 0.4) is 0 Å². The molecule has 7 nitrogen and oxygen atoms in total. The van der Waals surface area contributed by atoms with Crippen LogP contribution in [0.5, 0.6) is 5.75 Å². The van der Waals surface area contributed by atoms with Crippen molar-refractivity contribution in [1.29, 1.82) is 0 Å². The maximum atomic E-state index is 13.0. The smallest absolute Gasteiger partial charge is 0.416 e. The normalized spacial score (nSPS) is 12.2. The number of benzene rings is 2. The largest absolute Gasteiger partial charge is 0.496 e. The molecule has 0 bridgehead atoms. The van der Waals surface area contributed by atoms with Gasteiger partial charge in [0.05, 0.1) is 34.3 Å². The molecule has 11 heteroatoms. The Balaban J connectivity index is 2.02. The first-order valence-corrected chi connectivity index (χ1v) is 10.3. The molecule has 1 N–H and O–H groups in total. The van der Waals surface area contributed by atoms with Crippen LogP contribution in [0.15, 0.2) is 53.6 Å². The molecule has 0 saturated carbocycles. The van der Waals surface area contributed by atoms with Crippen molar-refractivity contribution >= 4 is 32.5 Å². The van der Waals surface area contributed by atoms with Crippen molar-refractivity contribution in [2.45, 2.75) is 11.1 Å². The van der Waals surface area contributed by atoms with Crippen LogP contribution in [-0.4, -0.2) is 44.8 Å². The standard InChI is InChI=1S/C20H18F3N3O4S/c1-26(2)31(28,29)13-5-7-18(30-3)15(11-13)19(27)25-16-8-9-24-17-10-12(20(21,22)23)4-6-14(16)17/h4-11H,1-3H3,(H,24,25,27). The van der Waals surface area contributed by atoms with Gasteiger partial charge in [-0.25, -0.2) is 12.7 Å². The molecule has 0 atom stereocenters. The number of amides is 1. The van der Waals surface area contributed by atoms with Gasteiger partial charge in [0.2, 0.25) is 10.0 Å². The lowest BCUT2D eigenvalue weighted by atomic mass is 10.1. The number of sulfonamides is 1. The third-order valence-electron chi connectivity index (χ3n) is 4.51. The quantitative estimate of drug-likeness (QED) is 0.636. The van der Waals surface area contributed by atoms with Crippen molar-refractivity contribution < 1.29 is 31.1 Å². The predicted molar refractivity (Wildman–Crippen MR) is 109 cm³/mol. The average Bonchev–Trinajstić information content (AvgIpc) is 2.72. The van der Waals surface area contributed by atoms with E-state index in [-0.39, 0.29) is 27.4 Å². The molecule has 0 aliphatic carbocycles. The Morgan fingerprint density at radius 2 is 1.81 bits per heavy atom. The second kappa shape index (κ2) is 8.16. The van der Waals surface area contributed by atoms with Crippen molar-refractivity contribution in [3.63, 3.8) is 0 Å². The third-order valence-corrected chi connectivity index (χ3v) is 6.32. The van der Waals surface area contributed by atoms with Gasteiger partial charge < -0.3 is 10.1 Å². The Bertz CT molecular complexity index is 1260. The van der Waals surface area contributed by atoms with E-state index in [2.05, 4.69) is 10.3 Å². The second-order valence-electron chi connectivity index (χ2n) is 6.69. The van der Waals surface area contributed by atoms with Gasteiger partial charge in [-0.3, -0.25) is 9.78 Å². The number of alkyl halides is 3. The summed E-state index contributed by atoms with van der Waals surface area (Å²) < 4.78 is 69.9. The average molecular weight is 453 g/mol. The lowest BCUT2D eigenvalue weighted by Gasteiger charge is -2.15. The molecule has 0 radical (unpaired) electrons. The van der Waals surface area contributed by atoms with Crippen LogP contribution in [0.2, 0.25) is 0 Å². The van der Waals surface area contributed by atoms with Gasteiger partial charge in [-0.1, -0.05) is 6.07 Å². The molecule has 1 heterocycles. The number of nitrogens with zero attached hydrogens (tertiary/aromatic N) is 2. The van der Waals surface area contributed by atoms with Crippen LogP contribution < -0.4 is 10.1 Å². The van der Waals surface area contributed by atoms with Gasteiger partial charge in [0, 0.05) is 25.7 Å². The molecular formula is C20H18F3N3O4S. The number of hydrogen-bond acceptors (Lipinski definition) is 5. The predicted octanol–water partition coefficient (Wildman–Crippen LogP) is 3.76. The summed E-state index contributed by atoms with van der Waals surface area (Å²) in [6.07, 6.45) is -3.26. The van der Waals surface area contributed by atoms with E-state index < -0.39 is 27.7 Å². The second-order valence-corrected chi connectivity index (χ2v) is 8.84. The van der Waals surface area contributed by atoms with Crippen LogP contribution in [-0.2, 0) is 16.2 Å². The van der Waals surface area contributed by atoms with E-state index in [0.29, 0.717) is 5.39 Å². The SMILES string of the molecule is COc1ccc(S(=O)(=O)N(C)C)cc1C(=O)Nc1ccnc2cc(C(F)(F)F)ccc12. The van der Waals surface area contributed by atoms with Gasteiger partial charge in [0.1, 0.15) is 5.75 Å². The summed E-state index contributed by atoms with van der Waals surface area (Å²) in [6, 6.07) is 8.26. The Labute approximate surface area is 176 Å². The van der Waals surface area contributed by atoms with Crippen molar-refractivity contribution in [3.05, 3.63) is 59.8 Å². The van der Waals surface area contributed by atoms with Gasteiger partial charge in [0.25, 0.3) is 5.91 Å². The maximum Gasteiger partial charge on any atom is 0.416 e. The summed E-state index contributed by atoms with van der Waals surface area (Å²) in [7, 11) is 0.241. The number of ether oxygens (including phenoxy) is 1. The monoisotopic (exact) mass is 453 g/mol. The van der Waals surface area contributed by atoms with E-state index >= 15 is 0 Å². The van der Waals surface area contributed by atoms with Crippen LogP contribution in [0.1, 0.15) is 15.9 Å². The van der Waals surface area contributed by atoms with Crippen molar-refractivity contribution in [2.75, 3.05) is 26.5 Å². The highest BCUT2D eigenvalue weighted by Crippen LogP contribution is 2.33. The van der Waals surface area contributed by atoms with E-state index in [0.717, 1.165) is 16.4 Å². The minimum absolute atomic E-state index is 0.0449. The maximum absolute atomic E-state index is 13.0. The molecule has 0 fully saturated rings. The molecule has 0 aliphatic rings. The van der Waals surface area contributed by atoms with Crippen molar-refractivity contribution in [3.8, 4) is 5.75 Å². The molecule has 31 heavy (non-hydrogen) atoms. The molecule has 0 spiro atoms. The topological polar surface area (TPSA) is 88.6 Å². The van der Waals surface area contributed by atoms with Crippen LogP contribution in [0.4, 0.5) is 18.9 Å². The number of carbonyl (C=O) groups excluding carboxylic acids is 1. The lowest BCUT2D eigenvalue weighted by molar-refractivity contribution is -0.137. The van der Waals surface area contributed by atoms with E-state index in [1.54, 1.807) is 0 Å². The van der Waals surface area contributed by atoms with Crippen LogP contribution >= 0.6 is 0 Å². The molecule has 0 saturated heterocycles. The Hall–Kier alpha value is -3.18.